The molecule has 0 spiro atoms. The lowest BCUT2D eigenvalue weighted by molar-refractivity contribution is 0.0916. The number of ether oxygens (including phenoxy) is 1. The van der Waals surface area contributed by atoms with Gasteiger partial charge >= 0.3 is 0 Å². The van der Waals surface area contributed by atoms with E-state index >= 15 is 0 Å². The number of nitrogens with one attached hydrogen (secondary N) is 2. The van der Waals surface area contributed by atoms with Crippen molar-refractivity contribution in [2.45, 2.75) is 26.3 Å². The maximum absolute atomic E-state index is 12.2. The fourth-order valence-electron chi connectivity index (χ4n) is 2.22. The van der Waals surface area contributed by atoms with E-state index in [0.29, 0.717) is 16.5 Å². The van der Waals surface area contributed by atoms with Crippen molar-refractivity contribution in [1.29, 1.82) is 0 Å². The van der Waals surface area contributed by atoms with Crippen molar-refractivity contribution in [1.82, 2.24) is 10.6 Å². The molecule has 0 aliphatic carbocycles. The number of rotatable bonds is 3. The van der Waals surface area contributed by atoms with Gasteiger partial charge in [0, 0.05) is 17.5 Å². The zero-order valence-corrected chi connectivity index (χ0v) is 11.9. The minimum Gasteiger partial charge on any atom is -0.495 e. The Balaban J connectivity index is 2.06. The third-order valence-corrected chi connectivity index (χ3v) is 4.42. The van der Waals surface area contributed by atoms with Crippen molar-refractivity contribution < 1.29 is 9.53 Å². The molecule has 1 aromatic heterocycles. The largest absolute Gasteiger partial charge is 0.495 e. The van der Waals surface area contributed by atoms with Gasteiger partial charge in [0.25, 0.3) is 5.91 Å². The maximum Gasteiger partial charge on any atom is 0.265 e. The third-order valence-electron chi connectivity index (χ3n) is 3.39. The SMILES string of the molecule is COc1cc(C)sc1C(=O)NC1CNCCC1C. The van der Waals surface area contributed by atoms with E-state index in [1.807, 2.05) is 13.0 Å². The predicted octanol–water partition coefficient (Wildman–Crippen LogP) is 1.79. The van der Waals surface area contributed by atoms with Gasteiger partial charge in [-0.25, -0.2) is 0 Å². The minimum atomic E-state index is -0.0227. The van der Waals surface area contributed by atoms with Gasteiger partial charge in [-0.3, -0.25) is 4.79 Å². The fraction of sp³-hybridized carbons (Fsp3) is 0.615. The highest BCUT2D eigenvalue weighted by molar-refractivity contribution is 7.14. The summed E-state index contributed by atoms with van der Waals surface area (Å²) in [5.74, 6) is 1.17. The zero-order chi connectivity index (χ0) is 13.1. The predicted molar refractivity (Wildman–Crippen MR) is 73.5 cm³/mol. The highest BCUT2D eigenvalue weighted by Crippen LogP contribution is 2.28. The molecule has 1 aromatic rings. The van der Waals surface area contributed by atoms with Crippen molar-refractivity contribution in [3.63, 3.8) is 0 Å². The van der Waals surface area contributed by atoms with Crippen molar-refractivity contribution in [3.05, 3.63) is 15.8 Å². The summed E-state index contributed by atoms with van der Waals surface area (Å²) < 4.78 is 5.24. The lowest BCUT2D eigenvalue weighted by Gasteiger charge is -2.30. The van der Waals surface area contributed by atoms with Crippen LogP contribution in [0.15, 0.2) is 6.07 Å². The van der Waals surface area contributed by atoms with E-state index in [1.54, 1.807) is 7.11 Å². The van der Waals surface area contributed by atoms with E-state index in [1.165, 1.54) is 11.3 Å². The van der Waals surface area contributed by atoms with E-state index < -0.39 is 0 Å². The smallest absolute Gasteiger partial charge is 0.265 e. The first-order valence-corrected chi connectivity index (χ1v) is 7.09. The summed E-state index contributed by atoms with van der Waals surface area (Å²) in [5, 5.41) is 6.42. The molecule has 18 heavy (non-hydrogen) atoms. The van der Waals surface area contributed by atoms with Gasteiger partial charge in [-0.15, -0.1) is 11.3 Å². The monoisotopic (exact) mass is 268 g/mol. The van der Waals surface area contributed by atoms with Crippen LogP contribution in [0.1, 0.15) is 27.9 Å². The Morgan fingerprint density at radius 1 is 1.61 bits per heavy atom. The van der Waals surface area contributed by atoms with Crippen LogP contribution >= 0.6 is 11.3 Å². The van der Waals surface area contributed by atoms with Crippen LogP contribution in [0, 0.1) is 12.8 Å². The number of carbonyl (C=O) groups is 1. The number of aryl methyl sites for hydroxylation is 1. The summed E-state index contributed by atoms with van der Waals surface area (Å²) in [5.41, 5.74) is 0. The second-order valence-corrected chi connectivity index (χ2v) is 6.06. The molecular formula is C13H20N2O2S. The molecule has 0 radical (unpaired) electrons. The van der Waals surface area contributed by atoms with Crippen LogP contribution in [0.2, 0.25) is 0 Å². The van der Waals surface area contributed by atoms with Crippen LogP contribution in [0.25, 0.3) is 0 Å². The van der Waals surface area contributed by atoms with E-state index in [-0.39, 0.29) is 11.9 Å². The molecule has 0 aromatic carbocycles. The van der Waals surface area contributed by atoms with E-state index in [9.17, 15) is 4.79 Å². The summed E-state index contributed by atoms with van der Waals surface area (Å²) in [6.07, 6.45) is 1.10. The molecule has 4 nitrogen and oxygen atoms in total. The Morgan fingerprint density at radius 3 is 3.06 bits per heavy atom. The van der Waals surface area contributed by atoms with Gasteiger partial charge in [0.2, 0.25) is 0 Å². The first-order valence-electron chi connectivity index (χ1n) is 6.28. The zero-order valence-electron chi connectivity index (χ0n) is 11.1. The highest BCUT2D eigenvalue weighted by atomic mass is 32.1. The average Bonchev–Trinajstić information content (AvgIpc) is 2.73. The Labute approximate surface area is 112 Å². The Hall–Kier alpha value is -1.07. The van der Waals surface area contributed by atoms with Crippen LogP contribution in [0.4, 0.5) is 0 Å². The quantitative estimate of drug-likeness (QED) is 0.879. The molecule has 0 saturated carbocycles. The molecule has 0 bridgehead atoms. The number of thiophene rings is 1. The Kier molecular flexibility index (Phi) is 4.24. The van der Waals surface area contributed by atoms with Crippen molar-refractivity contribution >= 4 is 17.2 Å². The second-order valence-electron chi connectivity index (χ2n) is 4.80. The topological polar surface area (TPSA) is 50.4 Å². The fourth-order valence-corrected chi connectivity index (χ4v) is 3.10. The van der Waals surface area contributed by atoms with Gasteiger partial charge in [0.1, 0.15) is 10.6 Å². The van der Waals surface area contributed by atoms with Gasteiger partial charge in [0.15, 0.2) is 0 Å². The van der Waals surface area contributed by atoms with Crippen molar-refractivity contribution in [3.8, 4) is 5.75 Å². The number of carbonyl (C=O) groups excluding carboxylic acids is 1. The van der Waals surface area contributed by atoms with Crippen LogP contribution in [0.3, 0.4) is 0 Å². The number of methoxy groups -OCH3 is 1. The molecule has 5 heteroatoms. The number of amides is 1. The molecule has 100 valence electrons. The number of hydrogen-bond acceptors (Lipinski definition) is 4. The number of hydrogen-bond donors (Lipinski definition) is 2. The number of piperidine rings is 1. The van der Waals surface area contributed by atoms with Gasteiger partial charge < -0.3 is 15.4 Å². The summed E-state index contributed by atoms with van der Waals surface area (Å²) in [4.78, 5) is 14.0. The minimum absolute atomic E-state index is 0.0227. The summed E-state index contributed by atoms with van der Waals surface area (Å²) in [6, 6.07) is 2.11. The third kappa shape index (κ3) is 2.84. The normalized spacial score (nSPS) is 23.7. The molecule has 2 rings (SSSR count). The molecule has 1 saturated heterocycles. The van der Waals surface area contributed by atoms with Crippen molar-refractivity contribution in [2.75, 3.05) is 20.2 Å². The van der Waals surface area contributed by atoms with Crippen LogP contribution in [-0.4, -0.2) is 32.1 Å². The molecule has 2 heterocycles. The van der Waals surface area contributed by atoms with Crippen LogP contribution in [0.5, 0.6) is 5.75 Å². The Bertz CT molecular complexity index is 431. The molecule has 1 aliphatic rings. The van der Waals surface area contributed by atoms with Crippen LogP contribution in [-0.2, 0) is 0 Å². The summed E-state index contributed by atoms with van der Waals surface area (Å²) >= 11 is 1.48. The molecule has 1 amide bonds. The first-order chi connectivity index (χ1) is 8.61. The highest BCUT2D eigenvalue weighted by Gasteiger charge is 2.25. The standard InChI is InChI=1S/C13H20N2O2S/c1-8-4-5-14-7-10(8)15-13(16)12-11(17-3)6-9(2)18-12/h6,8,10,14H,4-5,7H2,1-3H3,(H,15,16). The lowest BCUT2D eigenvalue weighted by atomic mass is 9.95. The average molecular weight is 268 g/mol. The summed E-state index contributed by atoms with van der Waals surface area (Å²) in [7, 11) is 1.60. The second kappa shape index (κ2) is 5.71. The van der Waals surface area contributed by atoms with E-state index in [2.05, 4.69) is 17.6 Å². The van der Waals surface area contributed by atoms with E-state index in [4.69, 9.17) is 4.74 Å². The van der Waals surface area contributed by atoms with Crippen LogP contribution < -0.4 is 15.4 Å². The molecule has 2 unspecified atom stereocenters. The van der Waals surface area contributed by atoms with Gasteiger partial charge in [-0.05, 0) is 31.9 Å². The van der Waals surface area contributed by atoms with Gasteiger partial charge in [-0.1, -0.05) is 6.92 Å². The molecule has 1 aliphatic heterocycles. The van der Waals surface area contributed by atoms with E-state index in [0.717, 1.165) is 24.4 Å². The molecule has 2 atom stereocenters. The van der Waals surface area contributed by atoms with Crippen molar-refractivity contribution in [2.24, 2.45) is 5.92 Å². The van der Waals surface area contributed by atoms with Gasteiger partial charge in [-0.2, -0.15) is 0 Å². The molecular weight excluding hydrogens is 248 g/mol. The first kappa shape index (κ1) is 13.4. The molecule has 2 N–H and O–H groups in total. The van der Waals surface area contributed by atoms with Gasteiger partial charge in [0.05, 0.1) is 7.11 Å². The molecule has 1 fully saturated rings. The summed E-state index contributed by atoms with van der Waals surface area (Å²) in [6.45, 7) is 6.05. The lowest BCUT2D eigenvalue weighted by Crippen LogP contribution is -2.50. The Morgan fingerprint density at radius 2 is 2.39 bits per heavy atom. The maximum atomic E-state index is 12.2.